The van der Waals surface area contributed by atoms with Gasteiger partial charge in [0.2, 0.25) is 0 Å². The van der Waals surface area contributed by atoms with Crippen molar-refractivity contribution >= 4 is 22.0 Å². The second-order valence-corrected chi connectivity index (χ2v) is 11.6. The molecule has 0 spiro atoms. The number of carbonyl (C=O) groups is 2. The van der Waals surface area contributed by atoms with Crippen LogP contribution in [0, 0.1) is 12.7 Å². The molecule has 12 heteroatoms. The molecular formula is C31H37F4NO6S. The van der Waals surface area contributed by atoms with Gasteiger partial charge in [-0.15, -0.1) is 13.2 Å². The van der Waals surface area contributed by atoms with E-state index in [4.69, 9.17) is 8.92 Å². The van der Waals surface area contributed by atoms with Crippen LogP contribution in [0.1, 0.15) is 67.3 Å². The van der Waals surface area contributed by atoms with Crippen LogP contribution in [0.25, 0.3) is 11.1 Å². The number of nitrogens with one attached hydrogen (secondary N) is 1. The molecule has 7 nitrogen and oxygen atoms in total. The Balaban J connectivity index is 2.76. The highest BCUT2D eigenvalue weighted by Crippen LogP contribution is 2.40. The Bertz CT molecular complexity index is 1420. The zero-order valence-corrected chi connectivity index (χ0v) is 25.2. The molecule has 2 atom stereocenters. The van der Waals surface area contributed by atoms with Crippen LogP contribution >= 0.6 is 0 Å². The summed E-state index contributed by atoms with van der Waals surface area (Å²) in [6.07, 6.45) is -1.27. The van der Waals surface area contributed by atoms with E-state index < -0.39 is 63.7 Å². The Hall–Kier alpha value is -3.51. The van der Waals surface area contributed by atoms with Crippen LogP contribution < -0.4 is 5.32 Å². The van der Waals surface area contributed by atoms with Gasteiger partial charge >= 0.3 is 12.1 Å². The van der Waals surface area contributed by atoms with Crippen molar-refractivity contribution < 1.29 is 44.5 Å². The van der Waals surface area contributed by atoms with Crippen molar-refractivity contribution in [1.82, 2.24) is 5.32 Å². The Labute approximate surface area is 250 Å². The summed E-state index contributed by atoms with van der Waals surface area (Å²) in [6.45, 7) is 10.3. The van der Waals surface area contributed by atoms with E-state index in [-0.39, 0.29) is 18.6 Å². The lowest BCUT2D eigenvalue weighted by molar-refractivity contribution is -0.144. The van der Waals surface area contributed by atoms with Gasteiger partial charge in [-0.3, -0.25) is 13.8 Å². The van der Waals surface area contributed by atoms with E-state index in [1.807, 2.05) is 0 Å². The van der Waals surface area contributed by atoms with Gasteiger partial charge in [0.05, 0.1) is 30.9 Å². The van der Waals surface area contributed by atoms with Gasteiger partial charge in [-0.1, -0.05) is 30.4 Å². The van der Waals surface area contributed by atoms with Crippen LogP contribution in [0.2, 0.25) is 0 Å². The summed E-state index contributed by atoms with van der Waals surface area (Å²) in [5.41, 5.74) is -0.306. The van der Waals surface area contributed by atoms with Gasteiger partial charge in [0, 0.05) is 12.0 Å². The number of benzene rings is 2. The first-order valence-electron chi connectivity index (χ1n) is 13.7. The molecule has 0 radical (unpaired) electrons. The first-order valence-corrected chi connectivity index (χ1v) is 15.5. The molecule has 2 aromatic carbocycles. The first kappa shape index (κ1) is 35.7. The molecule has 0 fully saturated rings. The number of esters is 1. The molecule has 2 aromatic rings. The van der Waals surface area contributed by atoms with E-state index in [1.165, 1.54) is 19.1 Å². The second kappa shape index (κ2) is 15.8. The minimum Gasteiger partial charge on any atom is -0.466 e. The lowest BCUT2D eigenvalue weighted by Gasteiger charge is -2.25. The molecule has 0 saturated carbocycles. The SMILES string of the molecule is C=CCCCCc1cccc(C)c1-c1cc([C@H](CC(=O)OCC)NC(=O)[C@@H](CC=C)OS(C)(=O)=O)c(F)c(C(F)(F)F)c1. The summed E-state index contributed by atoms with van der Waals surface area (Å²) in [7, 11) is -4.15. The number of ether oxygens (including phenoxy) is 1. The van der Waals surface area contributed by atoms with E-state index in [0.29, 0.717) is 29.9 Å². The van der Waals surface area contributed by atoms with Crippen LogP contribution in [-0.4, -0.2) is 39.3 Å². The molecule has 1 N–H and O–H groups in total. The van der Waals surface area contributed by atoms with Crippen LogP contribution in [0.4, 0.5) is 17.6 Å². The monoisotopic (exact) mass is 627 g/mol. The van der Waals surface area contributed by atoms with Crippen molar-refractivity contribution in [2.45, 2.75) is 70.7 Å². The number of hydrogen-bond acceptors (Lipinski definition) is 6. The van der Waals surface area contributed by atoms with Crippen molar-refractivity contribution in [1.29, 1.82) is 0 Å². The number of unbranched alkanes of at least 4 members (excludes halogenated alkanes) is 2. The highest BCUT2D eigenvalue weighted by Gasteiger charge is 2.38. The van der Waals surface area contributed by atoms with E-state index in [9.17, 15) is 31.2 Å². The third kappa shape index (κ3) is 10.6. The number of hydrogen-bond donors (Lipinski definition) is 1. The van der Waals surface area contributed by atoms with Gasteiger partial charge in [-0.2, -0.15) is 21.6 Å². The lowest BCUT2D eigenvalue weighted by Crippen LogP contribution is -2.40. The quantitative estimate of drug-likeness (QED) is 0.0727. The smallest absolute Gasteiger partial charge is 0.419 e. The van der Waals surface area contributed by atoms with Crippen molar-refractivity contribution in [3.05, 3.63) is 83.7 Å². The van der Waals surface area contributed by atoms with E-state index in [1.54, 1.807) is 31.2 Å². The maximum Gasteiger partial charge on any atom is 0.419 e. The fourth-order valence-electron chi connectivity index (χ4n) is 4.65. The van der Waals surface area contributed by atoms with Gasteiger partial charge in [-0.05, 0) is 73.9 Å². The minimum atomic E-state index is -5.12. The molecule has 0 aromatic heterocycles. The fraction of sp³-hybridized carbons (Fsp3) is 0.419. The third-order valence-corrected chi connectivity index (χ3v) is 7.07. The van der Waals surface area contributed by atoms with Gasteiger partial charge in [0.1, 0.15) is 5.82 Å². The highest BCUT2D eigenvalue weighted by atomic mass is 32.2. The molecule has 0 aliphatic rings. The largest absolute Gasteiger partial charge is 0.466 e. The maximum absolute atomic E-state index is 15.7. The number of aryl methyl sites for hydroxylation is 2. The van der Waals surface area contributed by atoms with Crippen LogP contribution in [-0.2, 0) is 41.2 Å². The molecule has 0 aliphatic heterocycles. The Kier molecular flexibility index (Phi) is 13.1. The number of rotatable bonds is 16. The summed E-state index contributed by atoms with van der Waals surface area (Å²) in [6, 6.07) is 5.51. The molecule has 0 unspecified atom stereocenters. The van der Waals surface area contributed by atoms with Crippen molar-refractivity contribution in [2.24, 2.45) is 0 Å². The summed E-state index contributed by atoms with van der Waals surface area (Å²) < 4.78 is 91.6. The fourth-order valence-corrected chi connectivity index (χ4v) is 5.24. The molecular weight excluding hydrogens is 590 g/mol. The average Bonchev–Trinajstić information content (AvgIpc) is 2.89. The molecule has 0 heterocycles. The number of halogens is 4. The van der Waals surface area contributed by atoms with Crippen molar-refractivity contribution in [3.8, 4) is 11.1 Å². The van der Waals surface area contributed by atoms with Gasteiger partial charge < -0.3 is 10.1 Å². The number of alkyl halides is 3. The zero-order chi connectivity index (χ0) is 32.4. The lowest BCUT2D eigenvalue weighted by atomic mass is 9.88. The molecule has 0 aliphatic carbocycles. The van der Waals surface area contributed by atoms with E-state index in [0.717, 1.165) is 24.8 Å². The maximum atomic E-state index is 15.7. The summed E-state index contributed by atoms with van der Waals surface area (Å²) in [5.74, 6) is -3.71. The predicted octanol–water partition coefficient (Wildman–Crippen LogP) is 6.75. The third-order valence-electron chi connectivity index (χ3n) is 6.49. The number of amides is 1. The molecule has 0 bridgehead atoms. The summed E-state index contributed by atoms with van der Waals surface area (Å²) >= 11 is 0. The van der Waals surface area contributed by atoms with E-state index >= 15 is 4.39 Å². The van der Waals surface area contributed by atoms with Gasteiger partial charge in [-0.25, -0.2) is 4.39 Å². The molecule has 236 valence electrons. The van der Waals surface area contributed by atoms with Crippen LogP contribution in [0.5, 0.6) is 0 Å². The predicted molar refractivity (Wildman–Crippen MR) is 156 cm³/mol. The average molecular weight is 628 g/mol. The van der Waals surface area contributed by atoms with Gasteiger partial charge in [0.25, 0.3) is 16.0 Å². The number of carbonyl (C=O) groups excluding carboxylic acids is 2. The summed E-state index contributed by atoms with van der Waals surface area (Å²) in [4.78, 5) is 25.6. The Morgan fingerprint density at radius 2 is 1.81 bits per heavy atom. The minimum absolute atomic E-state index is 0.0404. The first-order chi connectivity index (χ1) is 20.1. The van der Waals surface area contributed by atoms with Gasteiger partial charge in [0.15, 0.2) is 6.10 Å². The standard InChI is InChI=1S/C31H37F4NO6S/c1-6-9-10-11-15-21-16-12-14-20(4)28(21)22-17-23(29(32)24(18-22)31(33,34)35)25(19-27(37)41-8-3)36-30(38)26(13-7-2)42-43(5,39)40/h6-7,12,14,16-18,25-26H,1-2,8-11,13,15,19H2,3-5H3,(H,36,38)/t25-,26+/m0/s1. The second-order valence-electron chi connectivity index (χ2n) is 9.95. The van der Waals surface area contributed by atoms with E-state index in [2.05, 4.69) is 18.5 Å². The molecule has 0 saturated heterocycles. The highest BCUT2D eigenvalue weighted by molar-refractivity contribution is 7.86. The molecule has 43 heavy (non-hydrogen) atoms. The number of allylic oxidation sites excluding steroid dienone is 1. The Morgan fingerprint density at radius 1 is 1.12 bits per heavy atom. The topological polar surface area (TPSA) is 98.8 Å². The van der Waals surface area contributed by atoms with Crippen LogP contribution in [0.15, 0.2) is 55.6 Å². The zero-order valence-electron chi connectivity index (χ0n) is 24.4. The summed E-state index contributed by atoms with van der Waals surface area (Å²) in [5, 5.41) is 2.31. The van der Waals surface area contributed by atoms with Crippen LogP contribution in [0.3, 0.4) is 0 Å². The normalized spacial score (nSPS) is 13.2. The van der Waals surface area contributed by atoms with Crippen molar-refractivity contribution in [3.63, 3.8) is 0 Å². The Morgan fingerprint density at radius 3 is 2.40 bits per heavy atom. The van der Waals surface area contributed by atoms with Crippen molar-refractivity contribution in [2.75, 3.05) is 12.9 Å². The molecule has 1 amide bonds. The molecule has 2 rings (SSSR count).